The molecule has 14 aromatic heterocycles. The van der Waals surface area contributed by atoms with E-state index in [9.17, 15) is 0 Å². The lowest BCUT2D eigenvalue weighted by atomic mass is 10.0. The number of benzene rings is 7. The van der Waals surface area contributed by atoms with Crippen LogP contribution >= 0.6 is 0 Å². The van der Waals surface area contributed by atoms with Crippen molar-refractivity contribution in [3.8, 4) is 157 Å². The van der Waals surface area contributed by atoms with Gasteiger partial charge in [-0.15, -0.1) is 0 Å². The highest BCUT2D eigenvalue weighted by atomic mass is 14.8. The minimum atomic E-state index is 0.900. The van der Waals surface area contributed by atoms with Crippen molar-refractivity contribution in [1.82, 2.24) is 69.8 Å². The van der Waals surface area contributed by atoms with E-state index in [-0.39, 0.29) is 0 Å². The Balaban J connectivity index is 0.000000118. The number of hydrogen-bond donors (Lipinski definition) is 0. The van der Waals surface area contributed by atoms with Gasteiger partial charge in [-0.3, -0.25) is 69.8 Å². The number of aromatic nitrogens is 14. The van der Waals surface area contributed by atoms with Crippen LogP contribution in [0.15, 0.2) is 470 Å². The van der Waals surface area contributed by atoms with Gasteiger partial charge >= 0.3 is 0 Å². The standard InChI is InChI=1S/7C17H14N2/c1-13-2-4-15(5-3-13)17-12-16(8-11-19-17)14-6-9-18-10-7-14;1-13-2-4-14(5-3-13)16-8-11-19-17(12-16)15-6-9-18-10-7-15;1-13-2-4-14(5-3-13)16-10-17(12-19-11-16)15-6-8-18-9-7-15;1-13-4-6-14(7-5-13)15-8-10-19-17(11-15)16-3-2-9-18-12-16;1-13-4-6-14(7-5-13)16-9-17(12-19-11-16)15-3-2-8-18-10-15;1-13-5-7-14(8-6-13)15-9-11-19-17(12-15)16-4-2-3-10-18-16;1-13-5-7-14(8-6-13)15-10-16(12-18-11-15)17-4-2-3-9-19-17/h7*2-12H,1H3. The summed E-state index contributed by atoms with van der Waals surface area (Å²) < 4.78 is 0. The van der Waals surface area contributed by atoms with E-state index in [1.807, 2.05) is 196 Å². The van der Waals surface area contributed by atoms with Crippen LogP contribution in [0, 0.1) is 48.5 Å². The normalized spacial score (nSPS) is 10.4. The molecule has 0 aliphatic rings. The van der Waals surface area contributed by atoms with E-state index in [1.165, 1.54) is 83.5 Å². The Kier molecular flexibility index (Phi) is 31.5. The first kappa shape index (κ1) is 90.4. The highest BCUT2D eigenvalue weighted by molar-refractivity contribution is 5.77. The summed E-state index contributed by atoms with van der Waals surface area (Å²) in [6, 6.07) is 114. The van der Waals surface area contributed by atoms with Crippen LogP contribution in [0.5, 0.6) is 0 Å². The fourth-order valence-electron chi connectivity index (χ4n) is 14.2. The second kappa shape index (κ2) is 46.4. The second-order valence-electron chi connectivity index (χ2n) is 31.8. The van der Waals surface area contributed by atoms with Crippen molar-refractivity contribution in [3.05, 3.63) is 509 Å². The van der Waals surface area contributed by atoms with Gasteiger partial charge in [0.15, 0.2) is 0 Å². The molecular weight excluding hydrogens is 1630 g/mol. The molecule has 0 spiro atoms. The zero-order chi connectivity index (χ0) is 91.6. The maximum atomic E-state index is 4.45. The minimum absolute atomic E-state index is 0.900. The van der Waals surface area contributed by atoms with Crippen LogP contribution in [-0.2, 0) is 0 Å². The van der Waals surface area contributed by atoms with Crippen molar-refractivity contribution in [3.63, 3.8) is 0 Å². The molecule has 14 nitrogen and oxygen atoms in total. The van der Waals surface area contributed by atoms with E-state index in [4.69, 9.17) is 0 Å². The van der Waals surface area contributed by atoms with Crippen molar-refractivity contribution in [1.29, 1.82) is 0 Å². The average molecular weight is 1720 g/mol. The Morgan fingerprint density at radius 2 is 0.346 bits per heavy atom. The SMILES string of the molecule is Cc1ccc(-c2cc(-c3ccncc3)ccn2)cc1.Cc1ccc(-c2ccnc(-c3ccccn3)c2)cc1.Cc1ccc(-c2ccnc(-c3cccnc3)c2)cc1.Cc1ccc(-c2ccnc(-c3ccncc3)c2)cc1.Cc1ccc(-c2cncc(-c3ccccn3)c2)cc1.Cc1ccc(-c2cncc(-c3cccnc3)c2)cc1.Cc1ccc(-c2cncc(-c3ccncc3)c2)cc1. The minimum Gasteiger partial charge on any atom is -0.265 e. The van der Waals surface area contributed by atoms with Crippen LogP contribution < -0.4 is 0 Å². The lowest BCUT2D eigenvalue weighted by molar-refractivity contribution is 1.25. The lowest BCUT2D eigenvalue weighted by Gasteiger charge is -2.05. The molecule has 0 fully saturated rings. The van der Waals surface area contributed by atoms with Gasteiger partial charge in [0.2, 0.25) is 0 Å². The first-order valence-corrected chi connectivity index (χ1v) is 43.8. The Bertz CT molecular complexity index is 5940. The first-order chi connectivity index (χ1) is 65.3. The largest absolute Gasteiger partial charge is 0.265 e. The Hall–Kier alpha value is -17.4. The average Bonchev–Trinajstić information content (AvgIpc) is 0.861. The molecule has 0 saturated heterocycles. The number of rotatable bonds is 14. The fraction of sp³-hybridized carbons (Fsp3) is 0.0588. The fourth-order valence-corrected chi connectivity index (χ4v) is 14.2. The quantitative estimate of drug-likeness (QED) is 0.100. The summed E-state index contributed by atoms with van der Waals surface area (Å²) in [7, 11) is 0. The number of nitrogens with zero attached hydrogens (tertiary/aromatic N) is 14. The first-order valence-electron chi connectivity index (χ1n) is 43.8. The summed E-state index contributed by atoms with van der Waals surface area (Å²) in [4.78, 5) is 59.8. The predicted molar refractivity (Wildman–Crippen MR) is 543 cm³/mol. The highest BCUT2D eigenvalue weighted by Gasteiger charge is 2.12. The summed E-state index contributed by atoms with van der Waals surface area (Å²) >= 11 is 0. The molecule has 21 rings (SSSR count). The third kappa shape index (κ3) is 26.4. The van der Waals surface area contributed by atoms with Gasteiger partial charge < -0.3 is 0 Å². The van der Waals surface area contributed by atoms with E-state index < -0.39 is 0 Å². The van der Waals surface area contributed by atoms with Gasteiger partial charge in [0.1, 0.15) is 0 Å². The summed E-state index contributed by atoms with van der Waals surface area (Å²) in [6.07, 6.45) is 40.3. The third-order valence-electron chi connectivity index (χ3n) is 21.8. The number of aryl methyl sites for hydroxylation is 7. The summed E-state index contributed by atoms with van der Waals surface area (Å²) in [5.41, 5.74) is 39.6. The van der Waals surface area contributed by atoms with Crippen molar-refractivity contribution in [2.45, 2.75) is 48.5 Å². The van der Waals surface area contributed by atoms with Gasteiger partial charge in [0.25, 0.3) is 0 Å². The molecule has 644 valence electrons. The van der Waals surface area contributed by atoms with Gasteiger partial charge in [-0.2, -0.15) is 0 Å². The van der Waals surface area contributed by atoms with Crippen LogP contribution in [0.2, 0.25) is 0 Å². The maximum Gasteiger partial charge on any atom is 0.0892 e. The highest BCUT2D eigenvalue weighted by Crippen LogP contribution is 2.33. The van der Waals surface area contributed by atoms with Crippen molar-refractivity contribution < 1.29 is 0 Å². The van der Waals surface area contributed by atoms with Gasteiger partial charge in [-0.25, -0.2) is 0 Å². The molecule has 14 heteroatoms. The molecule has 0 aliphatic heterocycles. The second-order valence-corrected chi connectivity index (χ2v) is 31.8. The number of hydrogen-bond acceptors (Lipinski definition) is 14. The van der Waals surface area contributed by atoms with E-state index >= 15 is 0 Å². The van der Waals surface area contributed by atoms with E-state index in [0.717, 1.165) is 112 Å². The van der Waals surface area contributed by atoms with Crippen LogP contribution in [0.4, 0.5) is 0 Å². The van der Waals surface area contributed by atoms with Crippen molar-refractivity contribution in [2.75, 3.05) is 0 Å². The lowest BCUT2D eigenvalue weighted by Crippen LogP contribution is -1.87. The smallest absolute Gasteiger partial charge is 0.0892 e. The van der Waals surface area contributed by atoms with E-state index in [2.05, 4.69) is 331 Å². The monoisotopic (exact) mass is 1720 g/mol. The van der Waals surface area contributed by atoms with Crippen LogP contribution in [-0.4, -0.2) is 69.8 Å². The molecule has 0 unspecified atom stereocenters. The maximum absolute atomic E-state index is 4.45. The Morgan fingerprint density at radius 1 is 0.113 bits per heavy atom. The van der Waals surface area contributed by atoms with Gasteiger partial charge in [0, 0.05) is 192 Å². The molecule has 7 aromatic carbocycles. The van der Waals surface area contributed by atoms with E-state index in [1.54, 1.807) is 62.0 Å². The van der Waals surface area contributed by atoms with Crippen LogP contribution in [0.3, 0.4) is 0 Å². The Morgan fingerprint density at radius 3 is 0.677 bits per heavy atom. The summed E-state index contributed by atoms with van der Waals surface area (Å²) in [6.45, 7) is 14.6. The van der Waals surface area contributed by atoms with Crippen LogP contribution in [0.25, 0.3) is 157 Å². The van der Waals surface area contributed by atoms with Crippen molar-refractivity contribution >= 4 is 0 Å². The summed E-state index contributed by atoms with van der Waals surface area (Å²) in [5.74, 6) is 0. The third-order valence-corrected chi connectivity index (χ3v) is 21.8. The molecule has 0 radical (unpaired) electrons. The molecule has 0 bridgehead atoms. The predicted octanol–water partition coefficient (Wildman–Crippen LogP) is 28.8. The molecule has 21 aromatic rings. The molecular formula is C119H98N14. The molecule has 0 atom stereocenters. The van der Waals surface area contributed by atoms with Crippen molar-refractivity contribution in [2.24, 2.45) is 0 Å². The Labute approximate surface area is 778 Å². The van der Waals surface area contributed by atoms with E-state index in [0.29, 0.717) is 0 Å². The molecule has 0 amide bonds. The van der Waals surface area contributed by atoms with Gasteiger partial charge in [-0.1, -0.05) is 227 Å². The molecule has 14 heterocycles. The van der Waals surface area contributed by atoms with Gasteiger partial charge in [0.05, 0.1) is 34.2 Å². The molecule has 0 N–H and O–H groups in total. The zero-order valence-electron chi connectivity index (χ0n) is 75.2. The molecule has 133 heavy (non-hydrogen) atoms. The topological polar surface area (TPSA) is 180 Å². The summed E-state index contributed by atoms with van der Waals surface area (Å²) in [5, 5.41) is 0. The molecule has 0 aliphatic carbocycles. The van der Waals surface area contributed by atoms with Crippen LogP contribution in [0.1, 0.15) is 38.9 Å². The zero-order valence-corrected chi connectivity index (χ0v) is 75.2. The molecule has 0 saturated carbocycles. The number of pyridine rings is 14. The van der Waals surface area contributed by atoms with Gasteiger partial charge in [-0.05, 0) is 261 Å².